The minimum atomic E-state index is 0.0680. The second-order valence-electron chi connectivity index (χ2n) is 4.52. The molecule has 0 spiro atoms. The van der Waals surface area contributed by atoms with Crippen LogP contribution in [0.3, 0.4) is 0 Å². The maximum absolute atomic E-state index is 9.56. The Labute approximate surface area is 106 Å². The number of hydrogen-bond donors (Lipinski definition) is 2. The van der Waals surface area contributed by atoms with Gasteiger partial charge < -0.3 is 15.6 Å². The molecular formula is C15H15NO2. The van der Waals surface area contributed by atoms with Crippen molar-refractivity contribution in [3.05, 3.63) is 48.0 Å². The van der Waals surface area contributed by atoms with Crippen LogP contribution in [0, 0.1) is 0 Å². The zero-order valence-electron chi connectivity index (χ0n) is 9.97. The van der Waals surface area contributed by atoms with Gasteiger partial charge in [-0.3, -0.25) is 0 Å². The lowest BCUT2D eigenvalue weighted by Crippen LogP contribution is -2.24. The van der Waals surface area contributed by atoms with Crippen molar-refractivity contribution in [2.45, 2.75) is 12.5 Å². The largest absolute Gasteiger partial charge is 0.508 e. The molecule has 0 saturated carbocycles. The first-order valence-corrected chi connectivity index (χ1v) is 6.06. The maximum atomic E-state index is 9.56. The molecule has 2 aromatic rings. The first-order chi connectivity index (χ1) is 8.78. The summed E-state index contributed by atoms with van der Waals surface area (Å²) in [7, 11) is 0. The predicted octanol–water partition coefficient (Wildman–Crippen LogP) is 2.32. The summed E-state index contributed by atoms with van der Waals surface area (Å²) in [5, 5.41) is 9.56. The second-order valence-corrected chi connectivity index (χ2v) is 4.52. The Kier molecular flexibility index (Phi) is 2.68. The Hall–Kier alpha value is -2.00. The van der Waals surface area contributed by atoms with E-state index in [-0.39, 0.29) is 11.9 Å². The van der Waals surface area contributed by atoms with Crippen molar-refractivity contribution >= 4 is 0 Å². The third-order valence-corrected chi connectivity index (χ3v) is 3.25. The summed E-state index contributed by atoms with van der Waals surface area (Å²) in [6.45, 7) is 0.522. The fourth-order valence-corrected chi connectivity index (χ4v) is 2.37. The van der Waals surface area contributed by atoms with Gasteiger partial charge in [0.25, 0.3) is 0 Å². The van der Waals surface area contributed by atoms with Gasteiger partial charge in [-0.2, -0.15) is 0 Å². The van der Waals surface area contributed by atoms with Gasteiger partial charge in [-0.25, -0.2) is 0 Å². The molecule has 1 aliphatic heterocycles. The van der Waals surface area contributed by atoms with E-state index in [0.717, 1.165) is 23.3 Å². The Morgan fingerprint density at radius 3 is 2.83 bits per heavy atom. The van der Waals surface area contributed by atoms with E-state index in [1.54, 1.807) is 12.1 Å². The molecule has 3 rings (SSSR count). The standard InChI is InChI=1S/C15H15NO2/c16-9-13-8-11-4-2-6-14(15(11)18-13)10-3-1-5-12(17)7-10/h1-7,13,17H,8-9,16H2. The fourth-order valence-electron chi connectivity index (χ4n) is 2.37. The number of rotatable bonds is 2. The smallest absolute Gasteiger partial charge is 0.130 e. The summed E-state index contributed by atoms with van der Waals surface area (Å²) in [6, 6.07) is 13.3. The summed E-state index contributed by atoms with van der Waals surface area (Å²) in [5.74, 6) is 1.16. The average Bonchev–Trinajstić information content (AvgIpc) is 2.81. The molecule has 92 valence electrons. The number of fused-ring (bicyclic) bond motifs is 1. The second kappa shape index (κ2) is 4.35. The van der Waals surface area contributed by atoms with Gasteiger partial charge in [-0.05, 0) is 23.3 Å². The average molecular weight is 241 g/mol. The number of aromatic hydroxyl groups is 1. The van der Waals surface area contributed by atoms with Gasteiger partial charge >= 0.3 is 0 Å². The van der Waals surface area contributed by atoms with Gasteiger partial charge in [-0.15, -0.1) is 0 Å². The monoisotopic (exact) mass is 241 g/mol. The lowest BCUT2D eigenvalue weighted by atomic mass is 10.0. The molecule has 0 bridgehead atoms. The fraction of sp³-hybridized carbons (Fsp3) is 0.200. The van der Waals surface area contributed by atoms with E-state index in [1.807, 2.05) is 24.3 Å². The van der Waals surface area contributed by atoms with Crippen LogP contribution in [0.2, 0.25) is 0 Å². The molecule has 1 unspecified atom stereocenters. The Morgan fingerprint density at radius 1 is 1.22 bits per heavy atom. The molecule has 0 amide bonds. The van der Waals surface area contributed by atoms with E-state index in [1.165, 1.54) is 5.56 Å². The molecule has 3 heteroatoms. The van der Waals surface area contributed by atoms with Crippen molar-refractivity contribution in [2.24, 2.45) is 5.73 Å². The van der Waals surface area contributed by atoms with Crippen LogP contribution in [-0.2, 0) is 6.42 Å². The summed E-state index contributed by atoms with van der Waals surface area (Å²) in [4.78, 5) is 0. The lowest BCUT2D eigenvalue weighted by Gasteiger charge is -2.11. The van der Waals surface area contributed by atoms with Crippen LogP contribution in [0.1, 0.15) is 5.56 Å². The zero-order chi connectivity index (χ0) is 12.5. The van der Waals surface area contributed by atoms with Crippen LogP contribution in [-0.4, -0.2) is 17.8 Å². The number of para-hydroxylation sites is 1. The van der Waals surface area contributed by atoms with Crippen molar-refractivity contribution in [1.29, 1.82) is 0 Å². The van der Waals surface area contributed by atoms with Crippen LogP contribution < -0.4 is 10.5 Å². The van der Waals surface area contributed by atoms with E-state index < -0.39 is 0 Å². The van der Waals surface area contributed by atoms with Crippen LogP contribution in [0.15, 0.2) is 42.5 Å². The Bertz CT molecular complexity index is 580. The van der Waals surface area contributed by atoms with E-state index in [4.69, 9.17) is 10.5 Å². The molecule has 18 heavy (non-hydrogen) atoms. The molecule has 0 aromatic heterocycles. The highest BCUT2D eigenvalue weighted by Gasteiger charge is 2.24. The van der Waals surface area contributed by atoms with Gasteiger partial charge in [0.15, 0.2) is 0 Å². The topological polar surface area (TPSA) is 55.5 Å². The molecule has 1 aliphatic rings. The highest BCUT2D eigenvalue weighted by molar-refractivity contribution is 5.73. The van der Waals surface area contributed by atoms with Gasteiger partial charge in [0, 0.05) is 18.5 Å². The quantitative estimate of drug-likeness (QED) is 0.848. The third kappa shape index (κ3) is 1.83. The molecule has 3 nitrogen and oxygen atoms in total. The number of phenolic OH excluding ortho intramolecular Hbond substituents is 1. The molecule has 1 heterocycles. The van der Waals surface area contributed by atoms with Crippen LogP contribution in [0.5, 0.6) is 11.5 Å². The number of phenols is 1. The molecular weight excluding hydrogens is 226 g/mol. The van der Waals surface area contributed by atoms with Crippen LogP contribution in [0.4, 0.5) is 0 Å². The van der Waals surface area contributed by atoms with Crippen molar-refractivity contribution < 1.29 is 9.84 Å². The normalized spacial score (nSPS) is 17.3. The summed E-state index contributed by atoms with van der Waals surface area (Å²) < 4.78 is 5.87. The molecule has 0 aliphatic carbocycles. The molecule has 0 saturated heterocycles. The highest BCUT2D eigenvalue weighted by atomic mass is 16.5. The molecule has 0 fully saturated rings. The van der Waals surface area contributed by atoms with Crippen LogP contribution >= 0.6 is 0 Å². The van der Waals surface area contributed by atoms with E-state index in [9.17, 15) is 5.11 Å². The Morgan fingerprint density at radius 2 is 2.06 bits per heavy atom. The van der Waals surface area contributed by atoms with Crippen molar-refractivity contribution in [3.8, 4) is 22.6 Å². The molecule has 0 radical (unpaired) electrons. The number of hydrogen-bond acceptors (Lipinski definition) is 3. The lowest BCUT2D eigenvalue weighted by molar-refractivity contribution is 0.242. The van der Waals surface area contributed by atoms with Gasteiger partial charge in [0.2, 0.25) is 0 Å². The van der Waals surface area contributed by atoms with E-state index in [0.29, 0.717) is 6.54 Å². The van der Waals surface area contributed by atoms with Crippen molar-refractivity contribution in [2.75, 3.05) is 6.54 Å². The summed E-state index contributed by atoms with van der Waals surface area (Å²) in [6.07, 6.45) is 0.928. The minimum Gasteiger partial charge on any atom is -0.508 e. The van der Waals surface area contributed by atoms with Crippen molar-refractivity contribution in [1.82, 2.24) is 0 Å². The molecule has 1 atom stereocenters. The zero-order valence-corrected chi connectivity index (χ0v) is 9.97. The first-order valence-electron chi connectivity index (χ1n) is 6.06. The van der Waals surface area contributed by atoms with Crippen LogP contribution in [0.25, 0.3) is 11.1 Å². The third-order valence-electron chi connectivity index (χ3n) is 3.25. The predicted molar refractivity (Wildman–Crippen MR) is 70.7 cm³/mol. The maximum Gasteiger partial charge on any atom is 0.130 e. The number of nitrogens with two attached hydrogens (primary N) is 1. The summed E-state index contributed by atoms with van der Waals surface area (Å²) >= 11 is 0. The molecule has 3 N–H and O–H groups in total. The van der Waals surface area contributed by atoms with E-state index in [2.05, 4.69) is 6.07 Å². The van der Waals surface area contributed by atoms with Gasteiger partial charge in [0.1, 0.15) is 17.6 Å². The molecule has 2 aromatic carbocycles. The first kappa shape index (κ1) is 11.1. The van der Waals surface area contributed by atoms with Gasteiger partial charge in [0.05, 0.1) is 0 Å². The minimum absolute atomic E-state index is 0.0680. The van der Waals surface area contributed by atoms with E-state index >= 15 is 0 Å². The highest BCUT2D eigenvalue weighted by Crippen LogP contribution is 2.39. The number of ether oxygens (including phenoxy) is 1. The Balaban J connectivity index is 2.08. The van der Waals surface area contributed by atoms with Gasteiger partial charge in [-0.1, -0.05) is 30.3 Å². The van der Waals surface area contributed by atoms with Crippen molar-refractivity contribution in [3.63, 3.8) is 0 Å². The summed E-state index contributed by atoms with van der Waals surface area (Å²) in [5.41, 5.74) is 8.82. The number of benzene rings is 2. The SMILES string of the molecule is NCC1Cc2cccc(-c3cccc(O)c3)c2O1.